The van der Waals surface area contributed by atoms with E-state index in [1.54, 1.807) is 0 Å². The summed E-state index contributed by atoms with van der Waals surface area (Å²) in [6.45, 7) is 5.20. The molecule has 1 heterocycles. The number of nitrogens with zero attached hydrogens (tertiary/aromatic N) is 2. The van der Waals surface area contributed by atoms with Gasteiger partial charge in [-0.1, -0.05) is 13.0 Å². The highest BCUT2D eigenvalue weighted by molar-refractivity contribution is 5.11. The van der Waals surface area contributed by atoms with E-state index in [1.807, 2.05) is 0 Å². The van der Waals surface area contributed by atoms with Gasteiger partial charge in [-0.3, -0.25) is 4.98 Å². The molecule has 1 saturated carbocycles. The highest BCUT2D eigenvalue weighted by atomic mass is 15.1. The number of nitrogens with one attached hydrogen (secondary N) is 1. The maximum absolute atomic E-state index is 4.69. The second-order valence-electron chi connectivity index (χ2n) is 5.01. The zero-order valence-electron chi connectivity index (χ0n) is 10.9. The fourth-order valence-corrected chi connectivity index (χ4v) is 1.99. The lowest BCUT2D eigenvalue weighted by molar-refractivity contribution is 0.323. The third-order valence-corrected chi connectivity index (χ3v) is 3.05. The highest BCUT2D eigenvalue weighted by Crippen LogP contribution is 2.19. The van der Waals surface area contributed by atoms with Gasteiger partial charge in [-0.2, -0.15) is 0 Å². The van der Waals surface area contributed by atoms with Crippen molar-refractivity contribution in [3.63, 3.8) is 0 Å². The minimum Gasteiger partial charge on any atom is -0.308 e. The van der Waals surface area contributed by atoms with Crippen LogP contribution >= 0.6 is 0 Å². The first-order valence-corrected chi connectivity index (χ1v) is 6.64. The minimum atomic E-state index is 0.753. The Morgan fingerprint density at radius 3 is 2.82 bits per heavy atom. The monoisotopic (exact) mass is 233 g/mol. The summed E-state index contributed by atoms with van der Waals surface area (Å²) in [4.78, 5) is 7.01. The van der Waals surface area contributed by atoms with Crippen molar-refractivity contribution in [1.82, 2.24) is 15.2 Å². The molecule has 1 aliphatic carbocycles. The Balaban J connectivity index is 1.85. The van der Waals surface area contributed by atoms with E-state index in [2.05, 4.69) is 42.4 Å². The number of hydrogen-bond donors (Lipinski definition) is 1. The lowest BCUT2D eigenvalue weighted by Gasteiger charge is -2.15. The lowest BCUT2D eigenvalue weighted by Crippen LogP contribution is -2.20. The van der Waals surface area contributed by atoms with Gasteiger partial charge in [0.25, 0.3) is 0 Å². The van der Waals surface area contributed by atoms with Crippen LogP contribution in [0.2, 0.25) is 0 Å². The Kier molecular flexibility index (Phi) is 4.51. The summed E-state index contributed by atoms with van der Waals surface area (Å²) in [7, 11) is 2.15. The van der Waals surface area contributed by atoms with E-state index >= 15 is 0 Å². The first kappa shape index (κ1) is 12.5. The molecular formula is C14H23N3. The molecule has 0 amide bonds. The number of pyridine rings is 1. The first-order valence-electron chi connectivity index (χ1n) is 6.64. The van der Waals surface area contributed by atoms with Crippen LogP contribution in [0.3, 0.4) is 0 Å². The molecule has 0 bridgehead atoms. The number of aromatic nitrogens is 1. The third-order valence-electron chi connectivity index (χ3n) is 3.05. The molecule has 1 N–H and O–H groups in total. The van der Waals surface area contributed by atoms with Crippen molar-refractivity contribution >= 4 is 0 Å². The van der Waals surface area contributed by atoms with Gasteiger partial charge >= 0.3 is 0 Å². The van der Waals surface area contributed by atoms with Crippen molar-refractivity contribution in [3.8, 4) is 0 Å². The maximum atomic E-state index is 4.69. The van der Waals surface area contributed by atoms with Crippen molar-refractivity contribution < 1.29 is 0 Å². The summed E-state index contributed by atoms with van der Waals surface area (Å²) >= 11 is 0. The Morgan fingerprint density at radius 2 is 2.12 bits per heavy atom. The molecule has 0 atom stereocenters. The number of rotatable bonds is 7. The van der Waals surface area contributed by atoms with Crippen LogP contribution in [0, 0.1) is 0 Å². The van der Waals surface area contributed by atoms with Crippen molar-refractivity contribution in [1.29, 1.82) is 0 Å². The van der Waals surface area contributed by atoms with Crippen LogP contribution < -0.4 is 5.32 Å². The summed E-state index contributed by atoms with van der Waals surface area (Å²) in [6.07, 6.45) is 3.86. The summed E-state index contributed by atoms with van der Waals surface area (Å²) in [5, 5.41) is 3.50. The molecule has 17 heavy (non-hydrogen) atoms. The van der Waals surface area contributed by atoms with Crippen molar-refractivity contribution in [2.75, 3.05) is 13.6 Å². The second kappa shape index (κ2) is 6.12. The van der Waals surface area contributed by atoms with Gasteiger partial charge in [0.1, 0.15) is 0 Å². The highest BCUT2D eigenvalue weighted by Gasteiger charge is 2.20. The average molecular weight is 233 g/mol. The molecule has 0 saturated heterocycles. The third kappa shape index (κ3) is 4.44. The van der Waals surface area contributed by atoms with Crippen LogP contribution in [-0.2, 0) is 13.1 Å². The standard InChI is InChI=1S/C14H23N3/c1-3-9-17(2)11-14-6-4-5-13(16-14)10-15-12-7-8-12/h4-6,12,15H,3,7-11H2,1-2H3. The van der Waals surface area contributed by atoms with E-state index in [9.17, 15) is 0 Å². The smallest absolute Gasteiger partial charge is 0.0547 e. The first-order chi connectivity index (χ1) is 8.28. The van der Waals surface area contributed by atoms with Gasteiger partial charge in [-0.05, 0) is 45.0 Å². The van der Waals surface area contributed by atoms with E-state index in [-0.39, 0.29) is 0 Å². The quantitative estimate of drug-likeness (QED) is 0.782. The molecule has 1 aromatic heterocycles. The Hall–Kier alpha value is -0.930. The van der Waals surface area contributed by atoms with Crippen LogP contribution in [0.25, 0.3) is 0 Å². The molecule has 2 rings (SSSR count). The van der Waals surface area contributed by atoms with Gasteiger partial charge < -0.3 is 10.2 Å². The molecule has 1 fully saturated rings. The molecule has 0 aliphatic heterocycles. The summed E-state index contributed by atoms with van der Waals surface area (Å²) < 4.78 is 0. The number of hydrogen-bond acceptors (Lipinski definition) is 3. The Labute approximate surface area is 104 Å². The topological polar surface area (TPSA) is 28.2 Å². The predicted molar refractivity (Wildman–Crippen MR) is 70.7 cm³/mol. The molecule has 0 radical (unpaired) electrons. The van der Waals surface area contributed by atoms with E-state index in [0.717, 1.165) is 25.7 Å². The van der Waals surface area contributed by atoms with Gasteiger partial charge in [-0.25, -0.2) is 0 Å². The van der Waals surface area contributed by atoms with Crippen molar-refractivity contribution in [2.45, 2.75) is 45.3 Å². The van der Waals surface area contributed by atoms with Crippen LogP contribution in [0.1, 0.15) is 37.6 Å². The molecule has 0 spiro atoms. The molecule has 0 unspecified atom stereocenters. The Morgan fingerprint density at radius 1 is 1.35 bits per heavy atom. The molecule has 1 aromatic rings. The molecular weight excluding hydrogens is 210 g/mol. The van der Waals surface area contributed by atoms with Crippen LogP contribution in [0.5, 0.6) is 0 Å². The Bertz CT molecular complexity index is 347. The van der Waals surface area contributed by atoms with Gasteiger partial charge in [-0.15, -0.1) is 0 Å². The summed E-state index contributed by atoms with van der Waals surface area (Å²) in [5.74, 6) is 0. The molecule has 94 valence electrons. The SMILES string of the molecule is CCCN(C)Cc1cccc(CNC2CC2)n1. The van der Waals surface area contributed by atoms with Crippen LogP contribution in [0.4, 0.5) is 0 Å². The van der Waals surface area contributed by atoms with E-state index in [4.69, 9.17) is 4.98 Å². The second-order valence-corrected chi connectivity index (χ2v) is 5.01. The molecule has 3 nitrogen and oxygen atoms in total. The van der Waals surface area contributed by atoms with Gasteiger partial charge in [0.2, 0.25) is 0 Å². The van der Waals surface area contributed by atoms with Crippen molar-refractivity contribution in [2.24, 2.45) is 0 Å². The van der Waals surface area contributed by atoms with Crippen molar-refractivity contribution in [3.05, 3.63) is 29.6 Å². The molecule has 1 aliphatic rings. The normalized spacial score (nSPS) is 15.5. The zero-order valence-corrected chi connectivity index (χ0v) is 10.9. The van der Waals surface area contributed by atoms with E-state index in [1.165, 1.54) is 30.7 Å². The maximum Gasteiger partial charge on any atom is 0.0547 e. The predicted octanol–water partition coefficient (Wildman–Crippen LogP) is 2.18. The van der Waals surface area contributed by atoms with Crippen LogP contribution in [0.15, 0.2) is 18.2 Å². The molecule has 0 aromatic carbocycles. The van der Waals surface area contributed by atoms with Crippen LogP contribution in [-0.4, -0.2) is 29.5 Å². The average Bonchev–Trinajstić information content (AvgIpc) is 3.11. The minimum absolute atomic E-state index is 0.753. The largest absolute Gasteiger partial charge is 0.308 e. The van der Waals surface area contributed by atoms with E-state index < -0.39 is 0 Å². The van der Waals surface area contributed by atoms with Gasteiger partial charge in [0, 0.05) is 19.1 Å². The van der Waals surface area contributed by atoms with Gasteiger partial charge in [0.05, 0.1) is 11.4 Å². The summed E-state index contributed by atoms with van der Waals surface area (Å²) in [6, 6.07) is 7.10. The lowest BCUT2D eigenvalue weighted by atomic mass is 10.2. The van der Waals surface area contributed by atoms with Gasteiger partial charge in [0.15, 0.2) is 0 Å². The summed E-state index contributed by atoms with van der Waals surface area (Å²) in [5.41, 5.74) is 2.34. The fourth-order valence-electron chi connectivity index (χ4n) is 1.99. The van der Waals surface area contributed by atoms with E-state index in [0.29, 0.717) is 0 Å². The fraction of sp³-hybridized carbons (Fsp3) is 0.643. The zero-order chi connectivity index (χ0) is 12.1. The molecule has 3 heteroatoms.